The van der Waals surface area contributed by atoms with Crippen molar-refractivity contribution in [2.24, 2.45) is 28.3 Å². The molecule has 2 fully saturated rings. The fourth-order valence-electron chi connectivity index (χ4n) is 7.18. The van der Waals surface area contributed by atoms with Gasteiger partial charge in [-0.3, -0.25) is 43.3 Å². The van der Waals surface area contributed by atoms with E-state index >= 15 is 0 Å². The van der Waals surface area contributed by atoms with Crippen LogP contribution in [-0.2, 0) is 49.6 Å². The second-order valence-corrected chi connectivity index (χ2v) is 19.8. The lowest BCUT2D eigenvalue weighted by atomic mass is 9.99. The summed E-state index contributed by atoms with van der Waals surface area (Å²) in [6, 6.07) is -3.71. The number of amides is 7. The number of phenols is 1. The van der Waals surface area contributed by atoms with Gasteiger partial charge in [0.1, 0.15) is 48.0 Å². The molecule has 8 atom stereocenters. The van der Waals surface area contributed by atoms with Gasteiger partial charge in [-0.25, -0.2) is 4.79 Å². The first-order valence-electron chi connectivity index (χ1n) is 22.7. The summed E-state index contributed by atoms with van der Waals surface area (Å²) in [5.41, 5.74) is 11.4. The van der Waals surface area contributed by atoms with Crippen molar-refractivity contribution in [1.29, 1.82) is 0 Å². The van der Waals surface area contributed by atoms with Gasteiger partial charge in [0.15, 0.2) is 11.7 Å². The first-order chi connectivity index (χ1) is 32.1. The quantitative estimate of drug-likeness (QED) is 0.0600. The summed E-state index contributed by atoms with van der Waals surface area (Å²) in [6.45, 7) is 9.32. The molecule has 3 rings (SSSR count). The van der Waals surface area contributed by atoms with E-state index in [1.165, 1.54) is 19.1 Å². The second-order valence-electron chi connectivity index (χ2n) is 17.7. The summed E-state index contributed by atoms with van der Waals surface area (Å²) >= 11 is 2.00. The van der Waals surface area contributed by atoms with Crippen molar-refractivity contribution in [1.82, 2.24) is 42.5 Å². The lowest BCUT2D eigenvalue weighted by Crippen LogP contribution is -2.60. The largest absolute Gasteiger partial charge is 0.508 e. The van der Waals surface area contributed by atoms with Crippen molar-refractivity contribution in [3.63, 3.8) is 0 Å². The molecule has 14 N–H and O–H groups in total. The number of thioether (sulfide) groups is 2. The van der Waals surface area contributed by atoms with Crippen LogP contribution in [0.5, 0.6) is 5.75 Å². The smallest absolute Gasteiger partial charge is 0.327 e. The number of rotatable bonds is 13. The number of ketones is 1. The van der Waals surface area contributed by atoms with Crippen LogP contribution in [0.4, 0.5) is 0 Å². The van der Waals surface area contributed by atoms with Crippen molar-refractivity contribution < 1.29 is 53.4 Å². The average Bonchev–Trinajstić information content (AvgIpc) is 3.81. The summed E-state index contributed by atoms with van der Waals surface area (Å²) in [6.07, 6.45) is 1.53. The zero-order valence-corrected chi connectivity index (χ0v) is 40.9. The van der Waals surface area contributed by atoms with Crippen molar-refractivity contribution >= 4 is 82.6 Å². The Hall–Kier alpha value is -5.62. The van der Waals surface area contributed by atoms with Crippen LogP contribution in [-0.4, -0.2) is 154 Å². The molecule has 24 heteroatoms. The SMILES string of the molecule is CC(C)C[C@@H]1NC(=O)[C@H](Cc2ccc(O)cc2)NC(=O)[C@H](CC(C)C)NC(=O)[C@@H](NC(=O)[C@@H]2CCCN2)CSCC(=O)CSC[C@@H](C(=O)O)NC(=O)[C@H](CCCN=C(N)N)NC(=O)[C@H](C)NC1=O. The number of guanidine groups is 1. The van der Waals surface area contributed by atoms with Gasteiger partial charge in [0.2, 0.25) is 41.4 Å². The summed E-state index contributed by atoms with van der Waals surface area (Å²) in [5.74, 6) is -7.99. The second kappa shape index (κ2) is 28.6. The number of carbonyl (C=O) groups is 9. The van der Waals surface area contributed by atoms with Gasteiger partial charge in [-0.2, -0.15) is 23.5 Å². The van der Waals surface area contributed by atoms with Crippen LogP contribution in [0.25, 0.3) is 0 Å². The van der Waals surface area contributed by atoms with Gasteiger partial charge < -0.3 is 64.2 Å². The Balaban J connectivity index is 2.04. The Labute approximate surface area is 405 Å². The highest BCUT2D eigenvalue weighted by Crippen LogP contribution is 2.16. The summed E-state index contributed by atoms with van der Waals surface area (Å²) in [5, 5.41) is 41.6. The molecule has 0 saturated carbocycles. The number of carboxylic acid groups (broad SMARTS) is 1. The van der Waals surface area contributed by atoms with Crippen LogP contribution in [0.2, 0.25) is 0 Å². The number of nitrogens with two attached hydrogens (primary N) is 2. The van der Waals surface area contributed by atoms with Gasteiger partial charge in [0.25, 0.3) is 0 Å². The number of nitrogens with one attached hydrogen (secondary N) is 8. The van der Waals surface area contributed by atoms with Crippen LogP contribution in [0, 0.1) is 11.8 Å². The highest BCUT2D eigenvalue weighted by molar-refractivity contribution is 8.01. The van der Waals surface area contributed by atoms with Gasteiger partial charge in [-0.1, -0.05) is 39.8 Å². The molecule has 2 heterocycles. The van der Waals surface area contributed by atoms with Gasteiger partial charge in [-0.05, 0) is 81.5 Å². The summed E-state index contributed by atoms with van der Waals surface area (Å²) < 4.78 is 0. The van der Waals surface area contributed by atoms with Crippen molar-refractivity contribution in [2.75, 3.05) is 36.1 Å². The average molecular weight is 992 g/mol. The first-order valence-corrected chi connectivity index (χ1v) is 25.0. The zero-order valence-electron chi connectivity index (χ0n) is 39.3. The summed E-state index contributed by atoms with van der Waals surface area (Å²) in [4.78, 5) is 126. The molecule has 0 aliphatic carbocycles. The number of aliphatic carboxylic acids is 1. The van der Waals surface area contributed by atoms with E-state index in [0.29, 0.717) is 18.5 Å². The monoisotopic (exact) mass is 991 g/mol. The van der Waals surface area contributed by atoms with Gasteiger partial charge in [0, 0.05) is 24.5 Å². The molecule has 378 valence electrons. The van der Waals surface area contributed by atoms with E-state index in [2.05, 4.69) is 47.5 Å². The molecule has 1 aromatic rings. The van der Waals surface area contributed by atoms with Gasteiger partial charge >= 0.3 is 5.97 Å². The Morgan fingerprint density at radius 2 is 1.28 bits per heavy atom. The predicted molar refractivity (Wildman–Crippen MR) is 258 cm³/mol. The molecule has 2 aliphatic heterocycles. The fourth-order valence-corrected chi connectivity index (χ4v) is 9.14. The van der Waals surface area contributed by atoms with E-state index in [-0.39, 0.29) is 91.0 Å². The number of carboxylic acids is 1. The van der Waals surface area contributed by atoms with Crippen molar-refractivity contribution in [3.05, 3.63) is 29.8 Å². The minimum Gasteiger partial charge on any atom is -0.508 e. The van der Waals surface area contributed by atoms with Crippen molar-refractivity contribution in [2.45, 2.75) is 128 Å². The maximum absolute atomic E-state index is 14.3. The predicted octanol–water partition coefficient (Wildman–Crippen LogP) is -1.62. The van der Waals surface area contributed by atoms with Crippen LogP contribution >= 0.6 is 23.5 Å². The Morgan fingerprint density at radius 1 is 0.735 bits per heavy atom. The van der Waals surface area contributed by atoms with E-state index in [1.807, 2.05) is 27.7 Å². The summed E-state index contributed by atoms with van der Waals surface area (Å²) in [7, 11) is 0. The third kappa shape index (κ3) is 20.3. The van der Waals surface area contributed by atoms with Crippen LogP contribution in [0.3, 0.4) is 0 Å². The maximum atomic E-state index is 14.3. The molecule has 1 aromatic carbocycles. The first kappa shape index (κ1) is 56.7. The van der Waals surface area contributed by atoms with Crippen LogP contribution in [0.15, 0.2) is 29.3 Å². The molecule has 0 radical (unpaired) electrons. The number of carbonyl (C=O) groups excluding carboxylic acids is 8. The van der Waals surface area contributed by atoms with E-state index in [0.717, 1.165) is 29.9 Å². The fraction of sp³-hybridized carbons (Fsp3) is 0.636. The molecule has 7 amide bonds. The highest BCUT2D eigenvalue weighted by Gasteiger charge is 2.35. The highest BCUT2D eigenvalue weighted by atomic mass is 32.2. The number of benzene rings is 1. The lowest BCUT2D eigenvalue weighted by molar-refractivity contribution is -0.141. The number of Topliss-reactive ketones (excluding diaryl/α,β-unsaturated/α-hetero) is 1. The molecule has 2 aliphatic rings. The number of hydrogen-bond acceptors (Lipinski definition) is 14. The normalized spacial score (nSPS) is 25.8. The van der Waals surface area contributed by atoms with Gasteiger partial charge in [-0.15, -0.1) is 0 Å². The zero-order chi connectivity index (χ0) is 50.5. The molecule has 68 heavy (non-hydrogen) atoms. The molecule has 2 saturated heterocycles. The number of aromatic hydroxyl groups is 1. The number of nitrogens with zero attached hydrogens (tertiary/aromatic N) is 1. The maximum Gasteiger partial charge on any atom is 0.327 e. The van der Waals surface area contributed by atoms with Crippen molar-refractivity contribution in [3.8, 4) is 5.75 Å². The molecular formula is C44H69N11O11S2. The van der Waals surface area contributed by atoms with E-state index in [1.54, 1.807) is 12.1 Å². The topological polar surface area (TPSA) is 355 Å². The minimum absolute atomic E-state index is 0.0392. The molecule has 0 spiro atoms. The number of hydrogen-bond donors (Lipinski definition) is 12. The number of phenolic OH excluding ortho intramolecular Hbond substituents is 1. The molecule has 0 bridgehead atoms. The Kier molecular flexibility index (Phi) is 23.9. The van der Waals surface area contributed by atoms with E-state index in [9.17, 15) is 53.4 Å². The lowest BCUT2D eigenvalue weighted by Gasteiger charge is -2.28. The third-order valence-electron chi connectivity index (χ3n) is 10.7. The van der Waals surface area contributed by atoms with E-state index in [4.69, 9.17) is 11.5 Å². The van der Waals surface area contributed by atoms with Crippen LogP contribution < -0.4 is 54.0 Å². The Bertz CT molecular complexity index is 1950. The minimum atomic E-state index is -1.48. The number of aliphatic imine (C=N–C) groups is 1. The van der Waals surface area contributed by atoms with Gasteiger partial charge in [0.05, 0.1) is 17.5 Å². The molecule has 0 aromatic heterocycles. The third-order valence-corrected chi connectivity index (χ3v) is 12.9. The molecule has 0 unspecified atom stereocenters. The standard InChI is InChI=1S/C44H69N11O11S2/c1-23(2)16-31-39(61)49-25(5)36(58)50-30(9-7-15-48-44(45)46)38(60)55-35(43(65)66)22-68-20-28(57)19-67-21-34(54-37(59)29-8-6-14-47-29)42(64)52-32(17-24(3)4)40(62)53-33(41(63)51-31)18-26-10-12-27(56)13-11-26/h10-13,23-25,29-35,47,56H,6-9,14-22H2,1-5H3,(H,49,61)(H,50,58)(H,51,63)(H,52,64)(H,53,62)(H,54,59)(H,55,60)(H,65,66)(H4,45,46,48)/t25-,29-,30-,31-,32-,33-,34-,35-/m0/s1. The molecular weight excluding hydrogens is 923 g/mol. The van der Waals surface area contributed by atoms with E-state index < -0.39 is 95.7 Å². The van der Waals surface area contributed by atoms with Crippen LogP contribution in [0.1, 0.15) is 78.7 Å². The Morgan fingerprint density at radius 3 is 1.85 bits per heavy atom. The molecule has 22 nitrogen and oxygen atoms in total.